The smallest absolute Gasteiger partial charge is 0.340 e. The molecule has 1 unspecified atom stereocenters. The zero-order valence-corrected chi connectivity index (χ0v) is 19.4. The number of H-pyrrole nitrogens is 1. The topological polar surface area (TPSA) is 165 Å². The number of carbonyl (C=O) groups is 2. The van der Waals surface area contributed by atoms with E-state index in [1.54, 1.807) is 18.2 Å². The minimum absolute atomic E-state index is 0.0910. The van der Waals surface area contributed by atoms with Crippen molar-refractivity contribution in [3.8, 4) is 0 Å². The number of benzene rings is 2. The lowest BCUT2D eigenvalue weighted by Gasteiger charge is -2.31. The van der Waals surface area contributed by atoms with E-state index in [9.17, 15) is 24.7 Å². The SMILES string of the molecule is [N-]=[N+]=N[C@]1(C(F)OC(=O)c2cccc(Cl)c2)O[C@@H](n2ccc(=O)[nH]c2=O)C[C@@H]1OC(=O)c1ccccc1. The summed E-state index contributed by atoms with van der Waals surface area (Å²) in [6.45, 7) is 0. The molecule has 2 heterocycles. The van der Waals surface area contributed by atoms with Gasteiger partial charge in [-0.25, -0.2) is 14.4 Å². The summed E-state index contributed by atoms with van der Waals surface area (Å²) in [4.78, 5) is 53.8. The number of nitrogens with zero attached hydrogens (tertiary/aromatic N) is 4. The first-order valence-electron chi connectivity index (χ1n) is 10.7. The van der Waals surface area contributed by atoms with Crippen LogP contribution in [0.5, 0.6) is 0 Å². The van der Waals surface area contributed by atoms with E-state index in [0.29, 0.717) is 0 Å². The number of aromatic nitrogens is 2. The summed E-state index contributed by atoms with van der Waals surface area (Å²) >= 11 is 5.87. The van der Waals surface area contributed by atoms with Gasteiger partial charge >= 0.3 is 17.6 Å². The molecule has 0 saturated carbocycles. The first-order chi connectivity index (χ1) is 17.7. The Kier molecular flexibility index (Phi) is 7.39. The van der Waals surface area contributed by atoms with Crippen LogP contribution in [0.2, 0.25) is 5.02 Å². The van der Waals surface area contributed by atoms with Gasteiger partial charge in [-0.1, -0.05) is 35.9 Å². The van der Waals surface area contributed by atoms with E-state index < -0.39 is 54.0 Å². The van der Waals surface area contributed by atoms with E-state index in [1.165, 1.54) is 36.4 Å². The first kappa shape index (κ1) is 25.6. The molecule has 4 atom stereocenters. The largest absolute Gasteiger partial charge is 0.455 e. The highest BCUT2D eigenvalue weighted by molar-refractivity contribution is 6.30. The minimum Gasteiger partial charge on any atom is -0.455 e. The molecule has 0 aliphatic carbocycles. The van der Waals surface area contributed by atoms with Gasteiger partial charge in [0.25, 0.3) is 17.6 Å². The second-order valence-corrected chi connectivity index (χ2v) is 8.20. The van der Waals surface area contributed by atoms with Crippen LogP contribution >= 0.6 is 11.6 Å². The standard InChI is InChI=1S/C23H17ClFN5O7/c24-15-8-4-7-14(11-15)20(33)36-21(25)23(28-29-26)16(35-19(32)13-5-2-1-3-6-13)12-18(37-23)30-10-9-17(31)27-22(30)34/h1-11,16,18,21H,12H2,(H,27,31,34)/t16-,18+,21?,23-/m0/s1. The molecule has 0 bridgehead atoms. The Hall–Kier alpha value is -4.45. The highest BCUT2D eigenvalue weighted by Crippen LogP contribution is 2.43. The van der Waals surface area contributed by atoms with Gasteiger partial charge in [-0.3, -0.25) is 14.3 Å². The third-order valence-electron chi connectivity index (χ3n) is 5.42. The number of halogens is 2. The predicted molar refractivity (Wildman–Crippen MR) is 125 cm³/mol. The normalized spacial score (nSPS) is 21.5. The molecule has 12 nitrogen and oxygen atoms in total. The van der Waals surface area contributed by atoms with Gasteiger partial charge in [0.05, 0.1) is 11.1 Å². The number of nitrogens with one attached hydrogen (secondary N) is 1. The molecule has 1 aliphatic heterocycles. The van der Waals surface area contributed by atoms with Crippen molar-refractivity contribution in [1.29, 1.82) is 0 Å². The molecular weight excluding hydrogens is 513 g/mol. The quantitative estimate of drug-likeness (QED) is 0.211. The maximum absolute atomic E-state index is 15.7. The van der Waals surface area contributed by atoms with Gasteiger partial charge in [-0.2, -0.15) is 4.39 Å². The second-order valence-electron chi connectivity index (χ2n) is 7.76. The van der Waals surface area contributed by atoms with E-state index in [0.717, 1.165) is 16.8 Å². The Balaban J connectivity index is 1.71. The van der Waals surface area contributed by atoms with Crippen molar-refractivity contribution < 1.29 is 28.2 Å². The number of hydrogen-bond donors (Lipinski definition) is 1. The highest BCUT2D eigenvalue weighted by atomic mass is 35.5. The van der Waals surface area contributed by atoms with E-state index in [4.69, 9.17) is 25.8 Å². The Labute approximate surface area is 211 Å². The third kappa shape index (κ3) is 5.38. The molecule has 2 aromatic carbocycles. The molecular formula is C23H17ClFN5O7. The molecule has 14 heteroatoms. The summed E-state index contributed by atoms with van der Waals surface area (Å²) in [7, 11) is 0. The minimum atomic E-state index is -2.80. The maximum Gasteiger partial charge on any atom is 0.340 e. The van der Waals surface area contributed by atoms with E-state index in [-0.39, 0.29) is 16.1 Å². The Morgan fingerprint density at radius 2 is 1.89 bits per heavy atom. The Morgan fingerprint density at radius 1 is 1.16 bits per heavy atom. The van der Waals surface area contributed by atoms with Crippen LogP contribution in [0, 0.1) is 0 Å². The average molecular weight is 530 g/mol. The van der Waals surface area contributed by atoms with Gasteiger partial charge in [0.2, 0.25) is 0 Å². The zero-order chi connectivity index (χ0) is 26.6. The molecule has 0 radical (unpaired) electrons. The second kappa shape index (κ2) is 10.7. The summed E-state index contributed by atoms with van der Waals surface area (Å²) in [5.41, 5.74) is 4.86. The average Bonchev–Trinajstić information content (AvgIpc) is 3.23. The highest BCUT2D eigenvalue weighted by Gasteiger charge is 2.59. The maximum atomic E-state index is 15.7. The molecule has 190 valence electrons. The molecule has 1 fully saturated rings. The number of ether oxygens (including phenoxy) is 3. The molecule has 0 spiro atoms. The summed E-state index contributed by atoms with van der Waals surface area (Å²) in [5, 5.41) is 3.57. The fraction of sp³-hybridized carbons (Fsp3) is 0.217. The number of esters is 2. The van der Waals surface area contributed by atoms with Crippen LogP contribution in [0.3, 0.4) is 0 Å². The third-order valence-corrected chi connectivity index (χ3v) is 5.65. The number of rotatable bonds is 7. The van der Waals surface area contributed by atoms with Crippen LogP contribution < -0.4 is 11.2 Å². The van der Waals surface area contributed by atoms with Crippen LogP contribution in [0.1, 0.15) is 33.4 Å². The molecule has 3 aromatic rings. The van der Waals surface area contributed by atoms with Crippen LogP contribution in [0.4, 0.5) is 4.39 Å². The van der Waals surface area contributed by atoms with E-state index in [2.05, 4.69) is 10.0 Å². The lowest BCUT2D eigenvalue weighted by Crippen LogP contribution is -2.50. The number of aromatic amines is 1. The number of hydrogen-bond acceptors (Lipinski definition) is 8. The summed E-state index contributed by atoms with van der Waals surface area (Å²) in [5.74, 6) is -2.10. The summed E-state index contributed by atoms with van der Waals surface area (Å²) in [6, 6.07) is 14.1. The zero-order valence-electron chi connectivity index (χ0n) is 18.7. The molecule has 1 aromatic heterocycles. The van der Waals surface area contributed by atoms with E-state index >= 15 is 4.39 Å². The number of azide groups is 1. The molecule has 0 amide bonds. The summed E-state index contributed by atoms with van der Waals surface area (Å²) in [6.07, 6.45) is -5.18. The Bertz CT molecular complexity index is 1490. The molecule has 4 rings (SSSR count). The van der Waals surface area contributed by atoms with Gasteiger partial charge in [-0.15, -0.1) is 0 Å². The summed E-state index contributed by atoms with van der Waals surface area (Å²) < 4.78 is 32.6. The molecule has 1 aliphatic rings. The fourth-order valence-corrected chi connectivity index (χ4v) is 3.88. The van der Waals surface area contributed by atoms with Crippen molar-refractivity contribution >= 4 is 23.5 Å². The van der Waals surface area contributed by atoms with Crippen LogP contribution in [-0.4, -0.2) is 39.7 Å². The van der Waals surface area contributed by atoms with Crippen LogP contribution in [-0.2, 0) is 14.2 Å². The molecule has 1 saturated heterocycles. The van der Waals surface area contributed by atoms with Gasteiger partial charge in [-0.05, 0) is 41.0 Å². The van der Waals surface area contributed by atoms with E-state index in [1.807, 2.05) is 4.98 Å². The lowest BCUT2D eigenvalue weighted by molar-refractivity contribution is -0.201. The molecule has 37 heavy (non-hydrogen) atoms. The van der Waals surface area contributed by atoms with Crippen molar-refractivity contribution in [3.63, 3.8) is 0 Å². The van der Waals surface area contributed by atoms with Gasteiger partial charge in [0.1, 0.15) is 12.3 Å². The number of carbonyl (C=O) groups excluding carboxylic acids is 2. The Morgan fingerprint density at radius 3 is 2.57 bits per heavy atom. The predicted octanol–water partition coefficient (Wildman–Crippen LogP) is 3.49. The van der Waals surface area contributed by atoms with Crippen LogP contribution in [0.15, 0.2) is 81.6 Å². The van der Waals surface area contributed by atoms with Gasteiger partial charge < -0.3 is 14.2 Å². The van der Waals surface area contributed by atoms with Crippen molar-refractivity contribution in [1.82, 2.24) is 9.55 Å². The van der Waals surface area contributed by atoms with Crippen molar-refractivity contribution in [2.45, 2.75) is 30.8 Å². The first-order valence-corrected chi connectivity index (χ1v) is 11.0. The van der Waals surface area contributed by atoms with Crippen molar-refractivity contribution in [2.75, 3.05) is 0 Å². The number of alkyl halides is 1. The van der Waals surface area contributed by atoms with Gasteiger partial charge in [0.15, 0.2) is 0 Å². The molecule has 1 N–H and O–H groups in total. The lowest BCUT2D eigenvalue weighted by atomic mass is 10.1. The van der Waals surface area contributed by atoms with Crippen LogP contribution in [0.25, 0.3) is 10.4 Å². The fourth-order valence-electron chi connectivity index (χ4n) is 3.69. The van der Waals surface area contributed by atoms with Crippen molar-refractivity contribution in [3.05, 3.63) is 114 Å². The van der Waals surface area contributed by atoms with Gasteiger partial charge in [0, 0.05) is 28.6 Å². The monoisotopic (exact) mass is 529 g/mol. The van der Waals surface area contributed by atoms with Crippen molar-refractivity contribution in [2.24, 2.45) is 5.11 Å².